The van der Waals surface area contributed by atoms with Crippen LogP contribution < -0.4 is 118 Å². The van der Waals surface area contributed by atoms with Gasteiger partial charge in [-0.3, -0.25) is 0 Å². The van der Waals surface area contributed by atoms with E-state index in [2.05, 4.69) is 0 Å². The number of aromatic nitrogens is 2. The fourth-order valence-electron chi connectivity index (χ4n) is 7.31. The molecule has 5 heterocycles. The average Bonchev–Trinajstić information content (AvgIpc) is 4.08. The molecule has 322 valence electrons. The van der Waals surface area contributed by atoms with Gasteiger partial charge < -0.3 is 18.2 Å². The maximum atomic E-state index is 11.9. The van der Waals surface area contributed by atoms with Crippen molar-refractivity contribution in [3.05, 3.63) is 144 Å². The molecule has 0 amide bonds. The Labute approximate surface area is 487 Å². The molecule has 2 aliphatic heterocycles. The van der Waals surface area contributed by atoms with Crippen LogP contribution in [0.15, 0.2) is 141 Å². The quantitative estimate of drug-likeness (QED) is 0.106. The molecule has 3 aromatic heterocycles. The van der Waals surface area contributed by atoms with Crippen molar-refractivity contribution in [3.63, 3.8) is 0 Å². The Kier molecular flexibility index (Phi) is 18.4. The predicted octanol–water partition coefficient (Wildman–Crippen LogP) is -3.58. The van der Waals surface area contributed by atoms with Gasteiger partial charge in [0.2, 0.25) is 0 Å². The molecule has 68 heavy (non-hydrogen) atoms. The number of rotatable bonds is 8. The molecular weight excluding hydrogens is 1030 g/mol. The van der Waals surface area contributed by atoms with E-state index in [1.807, 2.05) is 0 Å². The van der Waals surface area contributed by atoms with Crippen molar-refractivity contribution >= 4 is 106 Å². The van der Waals surface area contributed by atoms with E-state index >= 15 is 0 Å². The van der Waals surface area contributed by atoms with Crippen LogP contribution >= 0.6 is 22.7 Å². The first kappa shape index (κ1) is 56.9. The number of benzene rings is 4. The smallest absolute Gasteiger partial charge is 0.744 e. The Hall–Kier alpha value is -2.04. The molecule has 7 aromatic rings. The van der Waals surface area contributed by atoms with E-state index in [-0.39, 0.29) is 118 Å². The Balaban J connectivity index is 0.00000216. The van der Waals surface area contributed by atoms with Crippen LogP contribution in [0.25, 0.3) is 87.6 Å². The summed E-state index contributed by atoms with van der Waals surface area (Å²) < 4.78 is 145. The first-order valence-corrected chi connectivity index (χ1v) is 25.7. The van der Waals surface area contributed by atoms with Gasteiger partial charge in [-0.1, -0.05) is 48.5 Å². The maximum absolute atomic E-state index is 11.9. The molecule has 8 bridgehead atoms. The third-order valence-corrected chi connectivity index (χ3v) is 15.9. The molecule has 0 saturated carbocycles. The number of thiophene rings is 2. The summed E-state index contributed by atoms with van der Waals surface area (Å²) in [5.74, 6) is 0. The van der Waals surface area contributed by atoms with Gasteiger partial charge in [0.1, 0.15) is 40.5 Å². The molecule has 9 rings (SSSR count). The van der Waals surface area contributed by atoms with Crippen molar-refractivity contribution in [2.45, 2.75) is 19.6 Å². The van der Waals surface area contributed by atoms with Gasteiger partial charge in [0.25, 0.3) is 0 Å². The van der Waals surface area contributed by atoms with E-state index in [1.54, 1.807) is 48.6 Å². The SMILES string of the molecule is O=S(=O)([O-])c1ccc(-c2c3nc(c(-c4ccc(S(=O)(=O)[O-])cc4)c4ccc(s4)c(-c4ccc(S(=O)(=O)[O-])cc4)c4nc(c(-c5ccc(S(=O)(=O)[O-])cc5)c5ccc2s5)C=C4)C=C3)cc1.[Na+].[Na+].[Na+].[Na+]. The zero-order valence-corrected chi connectivity index (χ0v) is 49.0. The van der Waals surface area contributed by atoms with Gasteiger partial charge in [0, 0.05) is 41.1 Å². The van der Waals surface area contributed by atoms with E-state index in [9.17, 15) is 51.9 Å². The molecule has 0 saturated heterocycles. The Morgan fingerprint density at radius 1 is 0.294 bits per heavy atom. The van der Waals surface area contributed by atoms with Gasteiger partial charge >= 0.3 is 118 Å². The summed E-state index contributed by atoms with van der Waals surface area (Å²) in [6, 6.07) is 28.6. The fraction of sp³-hybridized carbons (Fsp3) is 0. The molecule has 0 fully saturated rings. The van der Waals surface area contributed by atoms with Gasteiger partial charge in [-0.15, -0.1) is 22.7 Å². The molecule has 0 radical (unpaired) electrons. The van der Waals surface area contributed by atoms with Crippen molar-refractivity contribution in [1.82, 2.24) is 9.97 Å². The second-order valence-electron chi connectivity index (χ2n) is 14.2. The molecule has 4 aromatic carbocycles. The Morgan fingerprint density at radius 2 is 0.471 bits per heavy atom. The van der Waals surface area contributed by atoms with Crippen LogP contribution in [0.2, 0.25) is 0 Å². The predicted molar refractivity (Wildman–Crippen MR) is 240 cm³/mol. The maximum Gasteiger partial charge on any atom is 1.00 e. The summed E-state index contributed by atoms with van der Waals surface area (Å²) in [4.78, 5) is 8.38. The fourth-order valence-corrected chi connectivity index (χ4v) is 11.5. The van der Waals surface area contributed by atoms with E-state index in [4.69, 9.17) is 9.97 Å². The molecule has 0 aliphatic carbocycles. The van der Waals surface area contributed by atoms with Crippen LogP contribution in [-0.4, -0.2) is 61.9 Å². The minimum absolute atomic E-state index is 0. The summed E-state index contributed by atoms with van der Waals surface area (Å²) >= 11 is 2.58. The molecule has 24 heteroatoms. The van der Waals surface area contributed by atoms with Crippen LogP contribution in [0.4, 0.5) is 0 Å². The molecule has 14 nitrogen and oxygen atoms in total. The van der Waals surface area contributed by atoms with Crippen molar-refractivity contribution in [1.29, 1.82) is 0 Å². The van der Waals surface area contributed by atoms with E-state index < -0.39 is 60.1 Å². The van der Waals surface area contributed by atoms with Crippen molar-refractivity contribution in [3.8, 4) is 44.5 Å². The molecule has 0 atom stereocenters. The molecular formula is C44H24N2Na4O12S6. The zero-order chi connectivity index (χ0) is 45.3. The molecule has 0 spiro atoms. The van der Waals surface area contributed by atoms with Gasteiger partial charge in [-0.05, 0) is 119 Å². The van der Waals surface area contributed by atoms with Crippen molar-refractivity contribution in [2.75, 3.05) is 0 Å². The number of hydrogen-bond donors (Lipinski definition) is 0. The van der Waals surface area contributed by atoms with E-state index in [0.717, 1.165) is 0 Å². The summed E-state index contributed by atoms with van der Waals surface area (Å²) in [6.07, 6.45) is 6.97. The summed E-state index contributed by atoms with van der Waals surface area (Å²) in [6.45, 7) is 0. The largest absolute Gasteiger partial charge is 1.00 e. The van der Waals surface area contributed by atoms with Gasteiger partial charge in [-0.2, -0.15) is 0 Å². The normalized spacial score (nSPS) is 12.3. The van der Waals surface area contributed by atoms with Crippen LogP contribution in [0.3, 0.4) is 0 Å². The van der Waals surface area contributed by atoms with Crippen molar-refractivity contribution < 1.29 is 170 Å². The van der Waals surface area contributed by atoms with Crippen LogP contribution in [0.5, 0.6) is 0 Å². The standard InChI is InChI=1S/C44H28N2O12S6.4Na/c47-61(48,49)29-9-1-25(2-10-29)41-33-17-18-34(45-33)42(26-3-11-30(12-4-26)62(50,51)52)39-23-24-40(60-39)44(28-7-15-32(16-8-28)64(56,57)58)36-20-19-35(46-36)43(38-22-21-37(41)59-38)27-5-13-31(14-6-27)63(53,54)55;;;;/h1-24H,(H,47,48,49)(H,50,51,52)(H,53,54,55)(H,56,57,58);;;;/q;4*+1/p-4. The van der Waals surface area contributed by atoms with Gasteiger partial charge in [-0.25, -0.2) is 43.6 Å². The minimum Gasteiger partial charge on any atom is -0.744 e. The first-order chi connectivity index (χ1) is 30.2. The topological polar surface area (TPSA) is 255 Å². The number of hydrogen-bond acceptors (Lipinski definition) is 16. The van der Waals surface area contributed by atoms with Gasteiger partial charge in [0.05, 0.1) is 42.4 Å². The van der Waals surface area contributed by atoms with Crippen LogP contribution in [0.1, 0.15) is 22.8 Å². The average molecular weight is 1060 g/mol. The molecule has 0 unspecified atom stereocenters. The number of nitrogens with zero attached hydrogens (tertiary/aromatic N) is 2. The second kappa shape index (κ2) is 22.0. The zero-order valence-electron chi connectivity index (χ0n) is 36.1. The van der Waals surface area contributed by atoms with Crippen molar-refractivity contribution in [2.24, 2.45) is 0 Å². The Bertz CT molecular complexity index is 3320. The second-order valence-corrected chi connectivity index (χ2v) is 21.9. The monoisotopic (exact) mass is 1060 g/mol. The van der Waals surface area contributed by atoms with Crippen LogP contribution in [0, 0.1) is 0 Å². The first-order valence-electron chi connectivity index (χ1n) is 18.5. The number of fused-ring (bicyclic) bond motifs is 8. The minimum atomic E-state index is -4.79. The summed E-state index contributed by atoms with van der Waals surface area (Å²) in [5.41, 5.74) is 5.78. The van der Waals surface area contributed by atoms with Crippen LogP contribution in [-0.2, 0) is 40.5 Å². The molecule has 2 aliphatic rings. The third-order valence-electron chi connectivity index (χ3n) is 10.2. The van der Waals surface area contributed by atoms with E-state index in [0.29, 0.717) is 86.1 Å². The summed E-state index contributed by atoms with van der Waals surface area (Å²) in [5, 5.41) is 0. The van der Waals surface area contributed by atoms with Gasteiger partial charge in [0.15, 0.2) is 0 Å². The Morgan fingerprint density at radius 3 is 0.632 bits per heavy atom. The molecule has 0 N–H and O–H groups in total. The summed E-state index contributed by atoms with van der Waals surface area (Å²) in [7, 11) is -19.2. The van der Waals surface area contributed by atoms with E-state index in [1.165, 1.54) is 120 Å². The third kappa shape index (κ3) is 11.9.